The summed E-state index contributed by atoms with van der Waals surface area (Å²) in [7, 11) is 0. The maximum Gasteiger partial charge on any atom is 0.246 e. The highest BCUT2D eigenvalue weighted by Crippen LogP contribution is 2.22. The molecule has 0 fully saturated rings. The van der Waals surface area contributed by atoms with E-state index in [0.29, 0.717) is 18.7 Å². The number of hydrogen-bond acceptors (Lipinski definition) is 3. The molecule has 1 N–H and O–H groups in total. The lowest BCUT2D eigenvalue weighted by Crippen LogP contribution is -2.25. The normalized spacial score (nSPS) is 10.9. The van der Waals surface area contributed by atoms with Crippen LogP contribution in [0.3, 0.4) is 0 Å². The van der Waals surface area contributed by atoms with Gasteiger partial charge in [0.1, 0.15) is 11.6 Å². The van der Waals surface area contributed by atoms with Crippen LogP contribution in [-0.2, 0) is 17.8 Å². The number of ether oxygens (including phenoxy) is 1. The summed E-state index contributed by atoms with van der Waals surface area (Å²) in [5, 5.41) is 3.64. The Balaban J connectivity index is 1.53. The number of hydrogen-bond donors (Lipinski definition) is 1. The Morgan fingerprint density at radius 3 is 2.77 bits per heavy atom. The highest BCUT2D eigenvalue weighted by Gasteiger charge is 2.10. The van der Waals surface area contributed by atoms with Crippen LogP contribution in [0.1, 0.15) is 37.6 Å². The van der Waals surface area contributed by atoms with E-state index in [1.54, 1.807) is 6.92 Å². The minimum absolute atomic E-state index is 0.0932. The van der Waals surface area contributed by atoms with E-state index >= 15 is 0 Å². The van der Waals surface area contributed by atoms with Gasteiger partial charge in [-0.1, -0.05) is 30.3 Å². The summed E-state index contributed by atoms with van der Waals surface area (Å²) in [4.78, 5) is 16.5. The molecular weight excluding hydrogens is 410 g/mol. The third-order valence-corrected chi connectivity index (χ3v) is 5.58. The lowest BCUT2D eigenvalue weighted by molar-refractivity contribution is -0.117. The van der Waals surface area contributed by atoms with E-state index in [0.717, 1.165) is 65.4 Å². The lowest BCUT2D eigenvalue weighted by Gasteiger charge is -2.11. The van der Waals surface area contributed by atoms with Crippen molar-refractivity contribution in [2.45, 2.75) is 46.1 Å². The van der Waals surface area contributed by atoms with Crippen molar-refractivity contribution in [2.75, 3.05) is 13.2 Å². The van der Waals surface area contributed by atoms with Crippen LogP contribution in [0.4, 0.5) is 0 Å². The number of nitrogens with one attached hydrogen (secondary N) is 1. The average molecular weight is 440 g/mol. The Bertz CT molecular complexity index is 1060. The van der Waals surface area contributed by atoms with Crippen LogP contribution in [0, 0.1) is 6.92 Å². The van der Waals surface area contributed by atoms with Gasteiger partial charge in [-0.3, -0.25) is 4.79 Å². The first-order valence-electron chi connectivity index (χ1n) is 10.7. The summed E-state index contributed by atoms with van der Waals surface area (Å²) in [6, 6.07) is 14.0. The van der Waals surface area contributed by atoms with Gasteiger partial charge in [0.2, 0.25) is 5.91 Å². The molecule has 0 radical (unpaired) electrons. The summed E-state index contributed by atoms with van der Waals surface area (Å²) in [5.41, 5.74) is 3.71. The third kappa shape index (κ3) is 6.34. The molecule has 164 valence electrons. The molecule has 1 aromatic heterocycles. The molecule has 0 aliphatic carbocycles. The number of carbonyl (C=O) groups is 1. The number of imidazole rings is 1. The van der Waals surface area contributed by atoms with Gasteiger partial charge in [0.05, 0.1) is 17.6 Å². The maximum absolute atomic E-state index is 11.7. The second-order valence-electron chi connectivity index (χ2n) is 7.77. The molecule has 1 amide bonds. The molecule has 0 atom stereocenters. The van der Waals surface area contributed by atoms with E-state index in [-0.39, 0.29) is 5.91 Å². The Labute approximate surface area is 189 Å². The number of benzene rings is 2. The summed E-state index contributed by atoms with van der Waals surface area (Å²) in [5.74, 6) is 1.82. The van der Waals surface area contributed by atoms with Crippen LogP contribution in [0.15, 0.2) is 54.6 Å². The lowest BCUT2D eigenvalue weighted by atomic mass is 10.2. The van der Waals surface area contributed by atoms with E-state index in [1.807, 2.05) is 43.3 Å². The first kappa shape index (κ1) is 22.9. The van der Waals surface area contributed by atoms with Crippen LogP contribution in [0.25, 0.3) is 11.0 Å². The summed E-state index contributed by atoms with van der Waals surface area (Å²) >= 11 is 6.07. The van der Waals surface area contributed by atoms with Crippen molar-refractivity contribution < 1.29 is 9.53 Å². The molecule has 31 heavy (non-hydrogen) atoms. The van der Waals surface area contributed by atoms with E-state index in [9.17, 15) is 4.79 Å². The van der Waals surface area contributed by atoms with Crippen LogP contribution >= 0.6 is 11.6 Å². The van der Waals surface area contributed by atoms with Crippen molar-refractivity contribution in [3.63, 3.8) is 0 Å². The summed E-state index contributed by atoms with van der Waals surface area (Å²) in [6.07, 6.45) is 3.59. The fourth-order valence-electron chi connectivity index (χ4n) is 3.43. The maximum atomic E-state index is 11.7. The van der Waals surface area contributed by atoms with E-state index in [1.165, 1.54) is 0 Å². The largest absolute Gasteiger partial charge is 0.494 e. The molecule has 3 aromatic rings. The van der Waals surface area contributed by atoms with Gasteiger partial charge in [0.15, 0.2) is 0 Å². The first-order chi connectivity index (χ1) is 15.0. The number of para-hydroxylation sites is 2. The van der Waals surface area contributed by atoms with Crippen LogP contribution in [0.2, 0.25) is 5.02 Å². The second kappa shape index (κ2) is 11.0. The number of aryl methyl sites for hydroxylation is 3. The minimum Gasteiger partial charge on any atom is -0.494 e. The molecule has 0 saturated heterocycles. The van der Waals surface area contributed by atoms with Gasteiger partial charge in [-0.25, -0.2) is 4.98 Å². The van der Waals surface area contributed by atoms with Crippen molar-refractivity contribution in [2.24, 2.45) is 0 Å². The minimum atomic E-state index is -0.0932. The van der Waals surface area contributed by atoms with Crippen molar-refractivity contribution in [1.29, 1.82) is 0 Å². The fourth-order valence-corrected chi connectivity index (χ4v) is 3.55. The zero-order valence-electron chi connectivity index (χ0n) is 18.3. The molecule has 0 bridgehead atoms. The van der Waals surface area contributed by atoms with Crippen molar-refractivity contribution in [1.82, 2.24) is 14.9 Å². The average Bonchev–Trinajstić information content (AvgIpc) is 3.10. The number of fused-ring (bicyclic) bond motifs is 1. The Morgan fingerprint density at radius 2 is 2.00 bits per heavy atom. The Kier molecular flexibility index (Phi) is 8.13. The van der Waals surface area contributed by atoms with Gasteiger partial charge in [-0.2, -0.15) is 0 Å². The predicted molar refractivity (Wildman–Crippen MR) is 127 cm³/mol. The molecule has 0 aliphatic heterocycles. The van der Waals surface area contributed by atoms with Crippen LogP contribution in [-0.4, -0.2) is 28.6 Å². The molecule has 1 heterocycles. The van der Waals surface area contributed by atoms with Gasteiger partial charge in [0.25, 0.3) is 0 Å². The van der Waals surface area contributed by atoms with Crippen molar-refractivity contribution in [3.8, 4) is 5.75 Å². The fraction of sp³-hybridized carbons (Fsp3) is 0.360. The van der Waals surface area contributed by atoms with Crippen LogP contribution in [0.5, 0.6) is 5.75 Å². The number of rotatable bonds is 11. The number of amides is 1. The molecule has 2 aromatic carbocycles. The van der Waals surface area contributed by atoms with E-state index < -0.39 is 0 Å². The second-order valence-corrected chi connectivity index (χ2v) is 8.18. The van der Waals surface area contributed by atoms with Gasteiger partial charge >= 0.3 is 0 Å². The number of carbonyl (C=O) groups excluding carboxylic acids is 1. The van der Waals surface area contributed by atoms with E-state index in [2.05, 4.69) is 22.5 Å². The highest BCUT2D eigenvalue weighted by molar-refractivity contribution is 6.31. The summed E-state index contributed by atoms with van der Waals surface area (Å²) < 4.78 is 8.16. The standard InChI is InChI=1S/C25H30ClN3O2/c1-18(2)25(30)27-14-8-11-24-28-22-9-4-5-10-23(22)29(24)15-6-7-16-31-20-12-13-21(26)19(3)17-20/h4-5,9-10,12-13,17H,1,6-8,11,14-16H2,2-3H3,(H,27,30). The first-order valence-corrected chi connectivity index (χ1v) is 11.1. The third-order valence-electron chi connectivity index (χ3n) is 5.16. The zero-order chi connectivity index (χ0) is 22.2. The number of aromatic nitrogens is 2. The van der Waals surface area contributed by atoms with Gasteiger partial charge in [0, 0.05) is 30.1 Å². The molecule has 0 spiro atoms. The molecule has 6 heteroatoms. The molecular formula is C25H30ClN3O2. The predicted octanol–water partition coefficient (Wildman–Crippen LogP) is 5.48. The topological polar surface area (TPSA) is 56.2 Å². The van der Waals surface area contributed by atoms with Gasteiger partial charge < -0.3 is 14.6 Å². The monoisotopic (exact) mass is 439 g/mol. The van der Waals surface area contributed by atoms with E-state index in [4.69, 9.17) is 21.3 Å². The Hall–Kier alpha value is -2.79. The summed E-state index contributed by atoms with van der Waals surface area (Å²) in [6.45, 7) is 9.52. The Morgan fingerprint density at radius 1 is 1.19 bits per heavy atom. The zero-order valence-corrected chi connectivity index (χ0v) is 19.0. The van der Waals surface area contributed by atoms with Gasteiger partial charge in [-0.05, 0) is 69.0 Å². The van der Waals surface area contributed by atoms with Crippen molar-refractivity contribution in [3.05, 3.63) is 71.0 Å². The number of unbranched alkanes of at least 4 members (excludes halogenated alkanes) is 1. The molecule has 0 aliphatic rings. The number of halogens is 1. The SMILES string of the molecule is C=C(C)C(=O)NCCCc1nc2ccccc2n1CCCCOc1ccc(Cl)c(C)c1. The number of nitrogens with zero attached hydrogens (tertiary/aromatic N) is 2. The molecule has 3 rings (SSSR count). The van der Waals surface area contributed by atoms with Crippen molar-refractivity contribution >= 4 is 28.5 Å². The quantitative estimate of drug-likeness (QED) is 0.318. The highest BCUT2D eigenvalue weighted by atomic mass is 35.5. The molecule has 0 unspecified atom stereocenters. The molecule has 0 saturated carbocycles. The van der Waals surface area contributed by atoms with Gasteiger partial charge in [-0.15, -0.1) is 0 Å². The smallest absolute Gasteiger partial charge is 0.246 e. The molecule has 5 nitrogen and oxygen atoms in total. The van der Waals surface area contributed by atoms with Crippen LogP contribution < -0.4 is 10.1 Å².